The van der Waals surface area contributed by atoms with Crippen LogP contribution in [0.25, 0.3) is 10.7 Å². The molecular formula is C21H26N4O5S2. The van der Waals surface area contributed by atoms with E-state index in [-0.39, 0.29) is 25.4 Å². The van der Waals surface area contributed by atoms with Crippen LogP contribution >= 0.6 is 11.3 Å². The van der Waals surface area contributed by atoms with E-state index >= 15 is 0 Å². The molecule has 0 unspecified atom stereocenters. The molecule has 2 aromatic heterocycles. The van der Waals surface area contributed by atoms with Gasteiger partial charge in [-0.05, 0) is 36.9 Å². The molecule has 0 radical (unpaired) electrons. The summed E-state index contributed by atoms with van der Waals surface area (Å²) in [6, 6.07) is 10.7. The first kappa shape index (κ1) is 23.7. The Bertz CT molecular complexity index is 1130. The highest BCUT2D eigenvalue weighted by Crippen LogP contribution is 2.29. The van der Waals surface area contributed by atoms with Crippen molar-refractivity contribution in [3.05, 3.63) is 47.7 Å². The normalized spacial score (nSPS) is 11.3. The molecule has 0 aliphatic heterocycles. The van der Waals surface area contributed by atoms with E-state index in [0.717, 1.165) is 11.1 Å². The highest BCUT2D eigenvalue weighted by atomic mass is 32.2. The third kappa shape index (κ3) is 5.86. The Morgan fingerprint density at radius 3 is 2.66 bits per heavy atom. The quantitative estimate of drug-likeness (QED) is 0.416. The third-order valence-electron chi connectivity index (χ3n) is 4.78. The summed E-state index contributed by atoms with van der Waals surface area (Å²) in [5.41, 5.74) is 0.448. The first-order valence-electron chi connectivity index (χ1n) is 10.1. The molecule has 0 saturated carbocycles. The SMILES string of the molecule is CCN(Cc1nc(-c2cccs2)no1)C(=O)CCCN(c1ccccc1OC)S(C)(=O)=O. The number of carbonyl (C=O) groups is 1. The summed E-state index contributed by atoms with van der Waals surface area (Å²) in [4.78, 5) is 19.6. The van der Waals surface area contributed by atoms with Gasteiger partial charge < -0.3 is 14.2 Å². The summed E-state index contributed by atoms with van der Waals surface area (Å²) in [6.45, 7) is 2.70. The van der Waals surface area contributed by atoms with Crippen LogP contribution in [0.1, 0.15) is 25.7 Å². The van der Waals surface area contributed by atoms with Crippen molar-refractivity contribution in [1.82, 2.24) is 15.0 Å². The standard InChI is InChI=1S/C21H26N4O5S2/c1-4-24(15-19-22-21(23-30-19)18-11-8-14-31-18)20(26)12-7-13-25(32(3,27)28)16-9-5-6-10-17(16)29-2/h5-6,8-11,14H,4,7,12-13,15H2,1-3H3. The lowest BCUT2D eigenvalue weighted by molar-refractivity contribution is -0.132. The monoisotopic (exact) mass is 478 g/mol. The lowest BCUT2D eigenvalue weighted by atomic mass is 10.2. The molecule has 3 aromatic rings. The van der Waals surface area contributed by atoms with Crippen molar-refractivity contribution in [2.24, 2.45) is 0 Å². The zero-order valence-electron chi connectivity index (χ0n) is 18.2. The minimum absolute atomic E-state index is 0.114. The average molecular weight is 479 g/mol. The van der Waals surface area contributed by atoms with E-state index in [0.29, 0.717) is 36.1 Å². The summed E-state index contributed by atoms with van der Waals surface area (Å²) >= 11 is 1.51. The Hall–Kier alpha value is -2.92. The molecule has 1 amide bonds. The minimum atomic E-state index is -3.55. The smallest absolute Gasteiger partial charge is 0.246 e. The molecule has 0 bridgehead atoms. The molecule has 0 aliphatic carbocycles. The molecule has 9 nitrogen and oxygen atoms in total. The number of benzene rings is 1. The Morgan fingerprint density at radius 1 is 1.22 bits per heavy atom. The molecule has 0 spiro atoms. The van der Waals surface area contributed by atoms with Crippen molar-refractivity contribution in [1.29, 1.82) is 0 Å². The van der Waals surface area contributed by atoms with Crippen molar-refractivity contribution in [2.75, 3.05) is 30.8 Å². The van der Waals surface area contributed by atoms with E-state index in [9.17, 15) is 13.2 Å². The van der Waals surface area contributed by atoms with E-state index in [2.05, 4.69) is 10.1 Å². The molecule has 0 atom stereocenters. The molecule has 11 heteroatoms. The molecule has 0 N–H and O–H groups in total. The van der Waals surface area contributed by atoms with Crippen LogP contribution < -0.4 is 9.04 Å². The number of sulfonamides is 1. The highest BCUT2D eigenvalue weighted by molar-refractivity contribution is 7.92. The molecule has 1 aromatic carbocycles. The Balaban J connectivity index is 1.61. The van der Waals surface area contributed by atoms with Crippen molar-refractivity contribution < 1.29 is 22.5 Å². The van der Waals surface area contributed by atoms with Crippen LogP contribution in [0.15, 0.2) is 46.3 Å². The number of thiophene rings is 1. The number of carbonyl (C=O) groups excluding carboxylic acids is 1. The summed E-state index contributed by atoms with van der Waals surface area (Å²) in [5.74, 6) is 1.20. The largest absolute Gasteiger partial charge is 0.495 e. The Kier molecular flexibility index (Phi) is 7.86. The van der Waals surface area contributed by atoms with Gasteiger partial charge in [0.05, 0.1) is 30.5 Å². The predicted octanol–water partition coefficient (Wildman–Crippen LogP) is 3.40. The van der Waals surface area contributed by atoms with Crippen LogP contribution in [0, 0.1) is 0 Å². The molecule has 32 heavy (non-hydrogen) atoms. The summed E-state index contributed by atoms with van der Waals surface area (Å²) < 4.78 is 36.6. The fraction of sp³-hybridized carbons (Fsp3) is 0.381. The topological polar surface area (TPSA) is 106 Å². The number of nitrogens with zero attached hydrogens (tertiary/aromatic N) is 4. The number of anilines is 1. The number of methoxy groups -OCH3 is 1. The zero-order chi connectivity index (χ0) is 23.1. The number of ether oxygens (including phenoxy) is 1. The van der Waals surface area contributed by atoms with Gasteiger partial charge in [-0.3, -0.25) is 9.10 Å². The van der Waals surface area contributed by atoms with Gasteiger partial charge in [0.2, 0.25) is 27.6 Å². The summed E-state index contributed by atoms with van der Waals surface area (Å²) in [7, 11) is -2.06. The third-order valence-corrected chi connectivity index (χ3v) is 6.82. The molecule has 0 fully saturated rings. The lowest BCUT2D eigenvalue weighted by Crippen LogP contribution is -2.34. The van der Waals surface area contributed by atoms with Gasteiger partial charge in [0, 0.05) is 19.5 Å². The van der Waals surface area contributed by atoms with E-state index in [1.807, 2.05) is 24.4 Å². The van der Waals surface area contributed by atoms with Crippen LogP contribution in [0.2, 0.25) is 0 Å². The maximum absolute atomic E-state index is 12.8. The van der Waals surface area contributed by atoms with E-state index in [1.165, 1.54) is 22.8 Å². The fourth-order valence-corrected chi connectivity index (χ4v) is 4.82. The second-order valence-corrected chi connectivity index (χ2v) is 9.86. The highest BCUT2D eigenvalue weighted by Gasteiger charge is 2.22. The first-order valence-corrected chi connectivity index (χ1v) is 12.8. The number of para-hydroxylation sites is 2. The van der Waals surface area contributed by atoms with Crippen LogP contribution in [0.3, 0.4) is 0 Å². The predicted molar refractivity (Wildman–Crippen MR) is 123 cm³/mol. The number of rotatable bonds is 11. The molecule has 0 saturated heterocycles. The van der Waals surface area contributed by atoms with Crippen molar-refractivity contribution >= 4 is 33.0 Å². The van der Waals surface area contributed by atoms with Gasteiger partial charge in [-0.25, -0.2) is 8.42 Å². The summed E-state index contributed by atoms with van der Waals surface area (Å²) in [6.07, 6.45) is 1.67. The second kappa shape index (κ2) is 10.6. The number of hydrogen-bond acceptors (Lipinski definition) is 8. The van der Waals surface area contributed by atoms with Crippen molar-refractivity contribution in [3.63, 3.8) is 0 Å². The van der Waals surface area contributed by atoms with E-state index < -0.39 is 10.0 Å². The second-order valence-electron chi connectivity index (χ2n) is 7.01. The van der Waals surface area contributed by atoms with Crippen LogP contribution in [-0.2, 0) is 21.4 Å². The van der Waals surface area contributed by atoms with Gasteiger partial charge in [0.25, 0.3) is 0 Å². The molecular weight excluding hydrogens is 452 g/mol. The Morgan fingerprint density at radius 2 is 2.00 bits per heavy atom. The minimum Gasteiger partial charge on any atom is -0.495 e. The molecule has 2 heterocycles. The summed E-state index contributed by atoms with van der Waals surface area (Å²) in [5, 5.41) is 5.90. The van der Waals surface area contributed by atoms with Gasteiger partial charge in [-0.2, -0.15) is 4.98 Å². The number of amides is 1. The van der Waals surface area contributed by atoms with E-state index in [4.69, 9.17) is 9.26 Å². The van der Waals surface area contributed by atoms with Gasteiger partial charge in [0.15, 0.2) is 0 Å². The van der Waals surface area contributed by atoms with Crippen molar-refractivity contribution in [2.45, 2.75) is 26.3 Å². The molecule has 0 aliphatic rings. The van der Waals surface area contributed by atoms with Crippen LogP contribution in [0.5, 0.6) is 5.75 Å². The zero-order valence-corrected chi connectivity index (χ0v) is 19.9. The van der Waals surface area contributed by atoms with Gasteiger partial charge in [0.1, 0.15) is 5.75 Å². The van der Waals surface area contributed by atoms with Crippen LogP contribution in [0.4, 0.5) is 5.69 Å². The average Bonchev–Trinajstić information content (AvgIpc) is 3.46. The molecule has 3 rings (SSSR count). The van der Waals surface area contributed by atoms with Crippen molar-refractivity contribution in [3.8, 4) is 16.5 Å². The van der Waals surface area contributed by atoms with Gasteiger partial charge >= 0.3 is 0 Å². The number of aromatic nitrogens is 2. The fourth-order valence-electron chi connectivity index (χ4n) is 3.20. The first-order chi connectivity index (χ1) is 15.3. The van der Waals surface area contributed by atoms with Gasteiger partial charge in [-0.15, -0.1) is 11.3 Å². The Labute approximate surface area is 191 Å². The molecule has 172 valence electrons. The maximum Gasteiger partial charge on any atom is 0.246 e. The van der Waals surface area contributed by atoms with Gasteiger partial charge in [-0.1, -0.05) is 23.4 Å². The van der Waals surface area contributed by atoms with E-state index in [1.54, 1.807) is 29.2 Å². The maximum atomic E-state index is 12.8. The lowest BCUT2D eigenvalue weighted by Gasteiger charge is -2.25. The van der Waals surface area contributed by atoms with Crippen LogP contribution in [-0.4, -0.2) is 55.8 Å². The number of hydrogen-bond donors (Lipinski definition) is 0.